The van der Waals surface area contributed by atoms with Crippen LogP contribution in [0, 0.1) is 17.3 Å². The summed E-state index contributed by atoms with van der Waals surface area (Å²) in [5.41, 5.74) is 3.76. The van der Waals surface area contributed by atoms with Gasteiger partial charge in [0.25, 0.3) is 0 Å². The van der Waals surface area contributed by atoms with Crippen LogP contribution in [0.1, 0.15) is 61.6 Å². The smallest absolute Gasteiger partial charge is 0.123 e. The fraction of sp³-hybridized carbons (Fsp3) is 0.600. The summed E-state index contributed by atoms with van der Waals surface area (Å²) in [6, 6.07) is 4.13. The van der Waals surface area contributed by atoms with Crippen molar-refractivity contribution in [1.82, 2.24) is 0 Å². The summed E-state index contributed by atoms with van der Waals surface area (Å²) < 4.78 is 0. The first-order valence-corrected chi connectivity index (χ1v) is 8.71. The maximum Gasteiger partial charge on any atom is 0.123 e. The molecule has 0 aromatic heterocycles. The highest BCUT2D eigenvalue weighted by Gasteiger charge is 2.54. The Morgan fingerprint density at radius 3 is 2.82 bits per heavy atom. The van der Waals surface area contributed by atoms with Crippen molar-refractivity contribution in [3.63, 3.8) is 0 Å². The SMILES string of the molecule is C=Cc1cc2c(cc1O)CC[C@H]1[C@H]2CC[C@@]2(C)[C@@H](O)CC[C@@H]12. The number of aryl methyl sites for hydroxylation is 1. The summed E-state index contributed by atoms with van der Waals surface area (Å²) in [5, 5.41) is 20.5. The van der Waals surface area contributed by atoms with Crippen molar-refractivity contribution in [2.45, 2.75) is 57.5 Å². The Morgan fingerprint density at radius 2 is 2.05 bits per heavy atom. The first-order chi connectivity index (χ1) is 10.5. The Labute approximate surface area is 132 Å². The van der Waals surface area contributed by atoms with Gasteiger partial charge in [0.2, 0.25) is 0 Å². The van der Waals surface area contributed by atoms with Crippen molar-refractivity contribution >= 4 is 6.08 Å². The van der Waals surface area contributed by atoms with Crippen LogP contribution in [0.5, 0.6) is 5.75 Å². The van der Waals surface area contributed by atoms with Gasteiger partial charge in [-0.2, -0.15) is 0 Å². The number of benzene rings is 1. The van der Waals surface area contributed by atoms with Crippen LogP contribution in [0.2, 0.25) is 0 Å². The Kier molecular flexibility index (Phi) is 3.16. The monoisotopic (exact) mass is 298 g/mol. The summed E-state index contributed by atoms with van der Waals surface area (Å²) in [6.07, 6.45) is 8.37. The van der Waals surface area contributed by atoms with Crippen molar-refractivity contribution in [3.05, 3.63) is 35.4 Å². The zero-order valence-electron chi connectivity index (χ0n) is 13.4. The summed E-state index contributed by atoms with van der Waals surface area (Å²) in [5.74, 6) is 2.33. The van der Waals surface area contributed by atoms with E-state index in [1.54, 1.807) is 6.08 Å². The molecule has 1 aromatic carbocycles. The average Bonchev–Trinajstić information content (AvgIpc) is 2.82. The van der Waals surface area contributed by atoms with Gasteiger partial charge in [0.1, 0.15) is 5.75 Å². The maximum absolute atomic E-state index is 10.4. The Balaban J connectivity index is 1.74. The third-order valence-corrected chi connectivity index (χ3v) is 7.04. The standard InChI is InChI=1S/C20H26O2/c1-3-12-10-16-13(11-18(12)21)4-5-15-14(16)8-9-20(2)17(15)6-7-19(20)22/h3,10-11,14-15,17,19,21-22H,1,4-9H2,2H3/t14-,15+,17+,19+,20-/m1/s1. The van der Waals surface area contributed by atoms with Gasteiger partial charge in [0, 0.05) is 5.56 Å². The normalized spacial score (nSPS) is 39.7. The molecule has 0 radical (unpaired) electrons. The molecule has 3 aliphatic carbocycles. The molecule has 22 heavy (non-hydrogen) atoms. The van der Waals surface area contributed by atoms with Gasteiger partial charge in [-0.1, -0.05) is 19.6 Å². The number of aliphatic hydroxyl groups is 1. The fourth-order valence-corrected chi connectivity index (χ4v) is 5.76. The van der Waals surface area contributed by atoms with E-state index in [0.717, 1.165) is 24.8 Å². The quantitative estimate of drug-likeness (QED) is 0.813. The number of aromatic hydroxyl groups is 1. The molecule has 2 nitrogen and oxygen atoms in total. The van der Waals surface area contributed by atoms with Crippen molar-refractivity contribution in [2.24, 2.45) is 17.3 Å². The van der Waals surface area contributed by atoms with E-state index in [0.29, 0.717) is 23.5 Å². The lowest BCUT2D eigenvalue weighted by Gasteiger charge is -2.50. The molecule has 2 N–H and O–H groups in total. The number of phenols is 1. The molecule has 0 heterocycles. The predicted octanol–water partition coefficient (Wildman–Crippen LogP) is 4.25. The van der Waals surface area contributed by atoms with Crippen LogP contribution in [0.4, 0.5) is 0 Å². The van der Waals surface area contributed by atoms with Crippen LogP contribution in [-0.2, 0) is 6.42 Å². The zero-order chi connectivity index (χ0) is 15.5. The highest BCUT2D eigenvalue weighted by atomic mass is 16.3. The molecule has 1 aromatic rings. The number of phenolic OH excluding ortho intramolecular Hbond substituents is 1. The largest absolute Gasteiger partial charge is 0.507 e. The van der Waals surface area contributed by atoms with E-state index >= 15 is 0 Å². The summed E-state index contributed by atoms with van der Waals surface area (Å²) >= 11 is 0. The van der Waals surface area contributed by atoms with E-state index in [9.17, 15) is 10.2 Å². The van der Waals surface area contributed by atoms with Gasteiger partial charge in [-0.3, -0.25) is 0 Å². The molecule has 2 fully saturated rings. The van der Waals surface area contributed by atoms with Gasteiger partial charge in [-0.15, -0.1) is 0 Å². The fourth-order valence-electron chi connectivity index (χ4n) is 5.76. The Hall–Kier alpha value is -1.28. The second-order valence-electron chi connectivity index (χ2n) is 7.87. The number of hydrogen-bond acceptors (Lipinski definition) is 2. The average molecular weight is 298 g/mol. The highest BCUT2D eigenvalue weighted by molar-refractivity contribution is 5.59. The minimum absolute atomic E-state index is 0.108. The minimum Gasteiger partial charge on any atom is -0.507 e. The number of fused-ring (bicyclic) bond motifs is 5. The minimum atomic E-state index is -0.108. The van der Waals surface area contributed by atoms with Crippen molar-refractivity contribution in [2.75, 3.05) is 0 Å². The molecule has 2 heteroatoms. The van der Waals surface area contributed by atoms with Gasteiger partial charge >= 0.3 is 0 Å². The summed E-state index contributed by atoms with van der Waals surface area (Å²) in [7, 11) is 0. The number of rotatable bonds is 1. The van der Waals surface area contributed by atoms with E-state index in [1.165, 1.54) is 30.4 Å². The predicted molar refractivity (Wildman–Crippen MR) is 88.8 cm³/mol. The molecule has 0 spiro atoms. The van der Waals surface area contributed by atoms with E-state index in [4.69, 9.17) is 0 Å². The molecule has 118 valence electrons. The van der Waals surface area contributed by atoms with Crippen molar-refractivity contribution in [3.8, 4) is 5.75 Å². The first-order valence-electron chi connectivity index (χ1n) is 8.71. The second kappa shape index (κ2) is 4.86. The van der Waals surface area contributed by atoms with Crippen LogP contribution < -0.4 is 0 Å². The Bertz CT molecular complexity index is 620. The van der Waals surface area contributed by atoms with E-state index in [2.05, 4.69) is 19.6 Å². The summed E-state index contributed by atoms with van der Waals surface area (Å²) in [6.45, 7) is 6.14. The van der Waals surface area contributed by atoms with Crippen LogP contribution in [-0.4, -0.2) is 16.3 Å². The maximum atomic E-state index is 10.4. The molecular formula is C20H26O2. The van der Waals surface area contributed by atoms with Crippen LogP contribution in [0.15, 0.2) is 18.7 Å². The molecule has 0 bridgehead atoms. The van der Waals surface area contributed by atoms with Gasteiger partial charge in [-0.05, 0) is 85.0 Å². The van der Waals surface area contributed by atoms with E-state index in [1.807, 2.05) is 6.07 Å². The molecule has 0 unspecified atom stereocenters. The summed E-state index contributed by atoms with van der Waals surface area (Å²) in [4.78, 5) is 0. The van der Waals surface area contributed by atoms with Gasteiger partial charge in [0.05, 0.1) is 6.10 Å². The lowest BCUT2D eigenvalue weighted by Crippen LogP contribution is -2.43. The first kappa shape index (κ1) is 14.3. The van der Waals surface area contributed by atoms with Crippen LogP contribution in [0.3, 0.4) is 0 Å². The number of aliphatic hydroxyl groups excluding tert-OH is 1. The number of hydrogen-bond donors (Lipinski definition) is 2. The molecule has 0 amide bonds. The highest BCUT2D eigenvalue weighted by Crippen LogP contribution is 2.61. The van der Waals surface area contributed by atoms with Crippen LogP contribution in [0.25, 0.3) is 6.08 Å². The Morgan fingerprint density at radius 1 is 1.23 bits per heavy atom. The van der Waals surface area contributed by atoms with Crippen molar-refractivity contribution in [1.29, 1.82) is 0 Å². The molecule has 0 saturated heterocycles. The van der Waals surface area contributed by atoms with E-state index in [-0.39, 0.29) is 11.5 Å². The topological polar surface area (TPSA) is 40.5 Å². The third kappa shape index (κ3) is 1.83. The van der Waals surface area contributed by atoms with Gasteiger partial charge in [0.15, 0.2) is 0 Å². The van der Waals surface area contributed by atoms with Gasteiger partial charge < -0.3 is 10.2 Å². The second-order valence-corrected chi connectivity index (χ2v) is 7.87. The molecule has 5 atom stereocenters. The van der Waals surface area contributed by atoms with Gasteiger partial charge in [-0.25, -0.2) is 0 Å². The van der Waals surface area contributed by atoms with Crippen molar-refractivity contribution < 1.29 is 10.2 Å². The lowest BCUT2D eigenvalue weighted by atomic mass is 9.55. The third-order valence-electron chi connectivity index (χ3n) is 7.04. The molecule has 4 rings (SSSR count). The van der Waals surface area contributed by atoms with Crippen LogP contribution >= 0.6 is 0 Å². The lowest BCUT2D eigenvalue weighted by molar-refractivity contribution is -0.0226. The zero-order valence-corrected chi connectivity index (χ0v) is 13.4. The van der Waals surface area contributed by atoms with E-state index < -0.39 is 0 Å². The molecule has 2 saturated carbocycles. The molecule has 3 aliphatic rings. The molecule has 0 aliphatic heterocycles. The molecular weight excluding hydrogens is 272 g/mol.